The van der Waals surface area contributed by atoms with E-state index in [9.17, 15) is 13.5 Å². The van der Waals surface area contributed by atoms with Crippen molar-refractivity contribution in [3.05, 3.63) is 71.9 Å². The molecular weight excluding hydrogens is 512 g/mol. The van der Waals surface area contributed by atoms with Crippen LogP contribution >= 0.6 is 0 Å². The number of anilines is 1. The van der Waals surface area contributed by atoms with Crippen LogP contribution in [0.5, 0.6) is 11.5 Å². The number of nitrogens with zero attached hydrogens (tertiary/aromatic N) is 7. The Morgan fingerprint density at radius 2 is 1.97 bits per heavy atom. The number of ether oxygens (including phenoxy) is 2. The fourth-order valence-electron chi connectivity index (χ4n) is 3.65. The van der Waals surface area contributed by atoms with Crippen LogP contribution in [0.3, 0.4) is 0 Å². The summed E-state index contributed by atoms with van der Waals surface area (Å²) in [5, 5.41) is 18.9. The molecule has 5 rings (SSSR count). The molecule has 0 atom stereocenters. The van der Waals surface area contributed by atoms with Crippen LogP contribution in [0.15, 0.2) is 65.3 Å². The van der Waals surface area contributed by atoms with Crippen LogP contribution in [-0.2, 0) is 20.5 Å². The molecule has 13 nitrogen and oxygen atoms in total. The van der Waals surface area contributed by atoms with Crippen LogP contribution in [0, 0.1) is 0 Å². The third-order valence-electron chi connectivity index (χ3n) is 5.15. The Morgan fingerprint density at radius 3 is 2.74 bits per heavy atom. The molecule has 0 fully saturated rings. The summed E-state index contributed by atoms with van der Waals surface area (Å²) in [6, 6.07) is 7.77. The molecule has 4 heterocycles. The fourth-order valence-corrected chi connectivity index (χ4v) is 4.63. The molecule has 38 heavy (non-hydrogen) atoms. The molecule has 14 heteroatoms. The van der Waals surface area contributed by atoms with Crippen molar-refractivity contribution in [3.8, 4) is 17.2 Å². The number of phenolic OH excluding ortho intramolecular Hbond substituents is 1. The maximum atomic E-state index is 12.8. The summed E-state index contributed by atoms with van der Waals surface area (Å²) in [5.74, 6) is 0.265. The van der Waals surface area contributed by atoms with Gasteiger partial charge in [0.05, 0.1) is 25.3 Å². The van der Waals surface area contributed by atoms with Gasteiger partial charge in [0.2, 0.25) is 21.6 Å². The van der Waals surface area contributed by atoms with Crippen LogP contribution in [-0.4, -0.2) is 62.9 Å². The molecule has 1 aromatic carbocycles. The van der Waals surface area contributed by atoms with Crippen molar-refractivity contribution in [2.75, 3.05) is 18.4 Å². The molecule has 1 aliphatic heterocycles. The van der Waals surface area contributed by atoms with Gasteiger partial charge >= 0.3 is 0 Å². The van der Waals surface area contributed by atoms with Crippen LogP contribution < -0.4 is 9.46 Å². The van der Waals surface area contributed by atoms with E-state index in [0.29, 0.717) is 23.8 Å². The van der Waals surface area contributed by atoms with Crippen LogP contribution in [0.1, 0.15) is 18.6 Å². The van der Waals surface area contributed by atoms with Crippen molar-refractivity contribution in [3.63, 3.8) is 0 Å². The first-order chi connectivity index (χ1) is 18.4. The molecule has 0 saturated carbocycles. The summed E-state index contributed by atoms with van der Waals surface area (Å²) < 4.78 is 40.4. The largest absolute Gasteiger partial charge is 0.506 e. The summed E-state index contributed by atoms with van der Waals surface area (Å²) in [6.45, 7) is 2.21. The summed E-state index contributed by atoms with van der Waals surface area (Å²) in [5.41, 5.74) is 6.66. The fraction of sp³-hybridized carbons (Fsp3) is 0.167. The van der Waals surface area contributed by atoms with Crippen molar-refractivity contribution in [1.29, 1.82) is 0 Å². The minimum atomic E-state index is -3.93. The van der Waals surface area contributed by atoms with Gasteiger partial charge in [-0.05, 0) is 30.9 Å². The average Bonchev–Trinajstić information content (AvgIpc) is 3.27. The van der Waals surface area contributed by atoms with E-state index < -0.39 is 15.8 Å². The number of para-hydroxylation sites is 1. The smallest absolute Gasteiger partial charge is 0.241 e. The van der Waals surface area contributed by atoms with E-state index in [-0.39, 0.29) is 40.2 Å². The zero-order valence-corrected chi connectivity index (χ0v) is 21.0. The number of benzene rings is 1. The second-order valence-corrected chi connectivity index (χ2v) is 9.43. The Labute approximate surface area is 216 Å². The van der Waals surface area contributed by atoms with Crippen molar-refractivity contribution in [1.82, 2.24) is 29.7 Å². The highest BCUT2D eigenvalue weighted by Gasteiger charge is 2.24. The van der Waals surface area contributed by atoms with E-state index in [1.807, 2.05) is 6.92 Å². The van der Waals surface area contributed by atoms with Gasteiger partial charge in [-0.2, -0.15) is 0 Å². The molecule has 0 saturated heterocycles. The van der Waals surface area contributed by atoms with Crippen molar-refractivity contribution in [2.45, 2.75) is 12.7 Å². The van der Waals surface area contributed by atoms with Crippen molar-refractivity contribution in [2.24, 2.45) is 4.99 Å². The zero-order valence-electron chi connectivity index (χ0n) is 20.2. The number of aromatic hydroxyl groups is 1. The lowest BCUT2D eigenvalue weighted by Crippen LogP contribution is -2.17. The number of aromatic nitrogens is 6. The molecule has 1 aliphatic rings. The van der Waals surface area contributed by atoms with Gasteiger partial charge in [-0.25, -0.2) is 28.4 Å². The summed E-state index contributed by atoms with van der Waals surface area (Å²) >= 11 is 0. The van der Waals surface area contributed by atoms with Gasteiger partial charge < -0.3 is 14.6 Å². The van der Waals surface area contributed by atoms with Crippen LogP contribution in [0.2, 0.25) is 0 Å². The summed E-state index contributed by atoms with van der Waals surface area (Å²) in [6.07, 6.45) is 4.43. The molecule has 0 bridgehead atoms. The molecule has 0 unspecified atom stereocenters. The Balaban J connectivity index is 1.67. The summed E-state index contributed by atoms with van der Waals surface area (Å²) in [7, 11) is -2.48. The Morgan fingerprint density at radius 1 is 1.16 bits per heavy atom. The highest BCUT2D eigenvalue weighted by atomic mass is 32.2. The molecule has 0 amide bonds. The van der Waals surface area contributed by atoms with Crippen molar-refractivity contribution < 1.29 is 23.0 Å². The third-order valence-corrected chi connectivity index (χ3v) is 6.31. The second kappa shape index (κ2) is 10.1. The molecule has 0 radical (unpaired) electrons. The van der Waals surface area contributed by atoms with Gasteiger partial charge in [0.25, 0.3) is 0 Å². The highest BCUT2D eigenvalue weighted by Crippen LogP contribution is 2.37. The number of aliphatic imine (C=N–C) groups is 1. The quantitative estimate of drug-likeness (QED) is 0.322. The van der Waals surface area contributed by atoms with Crippen LogP contribution in [0.25, 0.3) is 22.5 Å². The standard InChI is InChI=1S/C24H20N8O5S/c1-3-37-21-10-4-7-15(27-21)24-28-23-16(32(24)22-17(33)8-5-9-18(22)36-2)13-19(29-30-23)31-38(34,35)14-20-25-11-6-12-26-20/h5-6,8-13,33H,3,14H2,1-2H3,(H,29,31). The van der Waals surface area contributed by atoms with E-state index in [1.165, 1.54) is 42.3 Å². The maximum Gasteiger partial charge on any atom is 0.241 e. The monoisotopic (exact) mass is 532 g/mol. The van der Waals surface area contributed by atoms with Crippen LogP contribution in [0.4, 0.5) is 5.82 Å². The molecule has 192 valence electrons. The van der Waals surface area contributed by atoms with E-state index in [0.717, 1.165) is 0 Å². The Hall–Kier alpha value is -5.03. The second-order valence-electron chi connectivity index (χ2n) is 7.71. The molecule has 4 aromatic rings. The molecule has 0 spiro atoms. The topological polar surface area (TPSA) is 167 Å². The van der Waals surface area contributed by atoms with Gasteiger partial charge in [0.15, 0.2) is 17.3 Å². The number of fused-ring (bicyclic) bond motifs is 1. The van der Waals surface area contributed by atoms with Gasteiger partial charge in [-0.15, -0.1) is 10.2 Å². The minimum Gasteiger partial charge on any atom is -0.506 e. The number of rotatable bonds is 8. The first kappa shape index (κ1) is 24.7. The average molecular weight is 533 g/mol. The number of phenols is 1. The van der Waals surface area contributed by atoms with E-state index in [1.54, 1.807) is 18.2 Å². The van der Waals surface area contributed by atoms with Gasteiger partial charge in [-0.3, -0.25) is 9.29 Å². The lowest BCUT2D eigenvalue weighted by atomic mass is 10.2. The number of nitrogens with one attached hydrogen (secondary N) is 1. The number of imidazole rings is 1. The Bertz CT molecular complexity index is 1770. The first-order valence-electron chi connectivity index (χ1n) is 11.2. The molecular formula is C24H20N8O5S. The molecule has 3 aromatic heterocycles. The maximum absolute atomic E-state index is 12.8. The SMILES string of the molecule is CCOC1=NC(c2nc3nnc(NS(=O)(=O)Cc4ncccn4)cc3n2-c2c(O)cccc2OC)=C=C=C1. The highest BCUT2D eigenvalue weighted by molar-refractivity contribution is 7.91. The lowest BCUT2D eigenvalue weighted by Gasteiger charge is -2.15. The predicted octanol–water partition coefficient (Wildman–Crippen LogP) is 2.36. The van der Waals surface area contributed by atoms with E-state index in [2.05, 4.69) is 46.3 Å². The molecule has 2 N–H and O–H groups in total. The normalized spacial score (nSPS) is 12.8. The van der Waals surface area contributed by atoms with Gasteiger partial charge in [0, 0.05) is 18.5 Å². The van der Waals surface area contributed by atoms with Crippen molar-refractivity contribution >= 4 is 38.6 Å². The van der Waals surface area contributed by atoms with Gasteiger partial charge in [-0.1, -0.05) is 11.8 Å². The number of sulfonamides is 1. The van der Waals surface area contributed by atoms with E-state index in [4.69, 9.17) is 9.47 Å². The minimum absolute atomic E-state index is 0.0814. The first-order valence-corrected chi connectivity index (χ1v) is 12.9. The molecule has 0 aliphatic carbocycles. The zero-order chi connectivity index (χ0) is 26.7. The lowest BCUT2D eigenvalue weighted by molar-refractivity contribution is 0.330. The van der Waals surface area contributed by atoms with Gasteiger partial charge in [0.1, 0.15) is 28.8 Å². The summed E-state index contributed by atoms with van der Waals surface area (Å²) in [4.78, 5) is 16.9. The number of hydrogen-bond acceptors (Lipinski definition) is 11. The predicted molar refractivity (Wildman–Crippen MR) is 137 cm³/mol. The third kappa shape index (κ3) is 4.95. The number of methoxy groups -OCH3 is 1. The Kier molecular flexibility index (Phi) is 6.58. The number of hydrogen-bond donors (Lipinski definition) is 2. The van der Waals surface area contributed by atoms with E-state index >= 15 is 0 Å².